The Balaban J connectivity index is 4.57. The van der Waals surface area contributed by atoms with Crippen LogP contribution >= 0.6 is 0 Å². The summed E-state index contributed by atoms with van der Waals surface area (Å²) in [7, 11) is 0. The minimum absolute atomic E-state index is 0.0257. The predicted octanol–water partition coefficient (Wildman–Crippen LogP) is 5.13. The molecule has 136 valence electrons. The minimum Gasteiger partial charge on any atom is -0.351 e. The summed E-state index contributed by atoms with van der Waals surface area (Å²) in [5, 5.41) is 3.03. The zero-order chi connectivity index (χ0) is 18.7. The molecule has 3 nitrogen and oxygen atoms in total. The molecule has 0 aromatic heterocycles. The van der Waals surface area contributed by atoms with E-state index in [9.17, 15) is 9.59 Å². The second kappa shape index (κ2) is 7.36. The number of ketones is 1. The fraction of sp³-hybridized carbons (Fsp3) is 0.900. The van der Waals surface area contributed by atoms with Crippen LogP contribution in [-0.2, 0) is 9.59 Å². The van der Waals surface area contributed by atoms with E-state index in [1.165, 1.54) is 0 Å². The lowest BCUT2D eigenvalue weighted by atomic mass is 9.72. The van der Waals surface area contributed by atoms with Gasteiger partial charge in [-0.05, 0) is 44.4 Å². The zero-order valence-corrected chi connectivity index (χ0v) is 17.1. The van der Waals surface area contributed by atoms with Gasteiger partial charge in [0.2, 0.25) is 5.91 Å². The Labute approximate surface area is 144 Å². The molecule has 0 bridgehead atoms. The van der Waals surface area contributed by atoms with Gasteiger partial charge >= 0.3 is 0 Å². The Bertz CT molecular complexity index is 420. The van der Waals surface area contributed by atoms with Gasteiger partial charge in [0.25, 0.3) is 0 Å². The van der Waals surface area contributed by atoms with Crippen LogP contribution in [0, 0.1) is 16.2 Å². The molecular weight excluding hydrogens is 286 g/mol. The summed E-state index contributed by atoms with van der Waals surface area (Å²) >= 11 is 0. The van der Waals surface area contributed by atoms with Crippen molar-refractivity contribution in [3.63, 3.8) is 0 Å². The van der Waals surface area contributed by atoms with Crippen molar-refractivity contribution in [3.05, 3.63) is 0 Å². The molecule has 0 radical (unpaired) electrons. The van der Waals surface area contributed by atoms with Gasteiger partial charge in [-0.3, -0.25) is 9.59 Å². The topological polar surface area (TPSA) is 46.2 Å². The molecule has 0 aliphatic rings. The highest BCUT2D eigenvalue weighted by molar-refractivity contribution is 5.84. The molecular formula is C20H39NO2. The molecule has 0 heterocycles. The van der Waals surface area contributed by atoms with Crippen LogP contribution in [0.15, 0.2) is 0 Å². The molecule has 0 fully saturated rings. The van der Waals surface area contributed by atoms with Crippen molar-refractivity contribution in [3.8, 4) is 0 Å². The largest absolute Gasteiger partial charge is 0.351 e. The molecule has 0 rings (SSSR count). The maximum atomic E-state index is 12.3. The summed E-state index contributed by atoms with van der Waals surface area (Å²) in [5.41, 5.74) is -0.551. The number of rotatable bonds is 7. The quantitative estimate of drug-likeness (QED) is 0.705. The molecule has 0 aromatic rings. The molecule has 3 heteroatoms. The van der Waals surface area contributed by atoms with Gasteiger partial charge in [0.15, 0.2) is 0 Å². The lowest BCUT2D eigenvalue weighted by Crippen LogP contribution is -2.42. The molecule has 1 amide bonds. The lowest BCUT2D eigenvalue weighted by Gasteiger charge is -2.33. The normalized spacial score (nSPS) is 13.8. The van der Waals surface area contributed by atoms with Crippen LogP contribution in [0.2, 0.25) is 0 Å². The first-order valence-electron chi connectivity index (χ1n) is 8.78. The van der Waals surface area contributed by atoms with E-state index in [0.717, 1.165) is 12.8 Å². The lowest BCUT2D eigenvalue weighted by molar-refractivity contribution is -0.129. The highest BCUT2D eigenvalue weighted by Crippen LogP contribution is 2.37. The van der Waals surface area contributed by atoms with Crippen LogP contribution in [0.1, 0.15) is 94.9 Å². The average molecular weight is 326 g/mol. The van der Waals surface area contributed by atoms with Crippen LogP contribution in [0.4, 0.5) is 0 Å². The highest BCUT2D eigenvalue weighted by Gasteiger charge is 2.31. The predicted molar refractivity (Wildman–Crippen MR) is 98.4 cm³/mol. The summed E-state index contributed by atoms with van der Waals surface area (Å²) in [5.74, 6) is 0.414. The van der Waals surface area contributed by atoms with Gasteiger partial charge in [0.1, 0.15) is 5.78 Å². The maximum absolute atomic E-state index is 12.3. The third-order valence-electron chi connectivity index (χ3n) is 4.11. The van der Waals surface area contributed by atoms with Crippen LogP contribution in [-0.4, -0.2) is 17.2 Å². The molecule has 0 aromatic carbocycles. The SMILES string of the molecule is CC(C)(CCC(C)(C)CC(=O)C(C)(C)C)CC(=O)NC(C)(C)C. The van der Waals surface area contributed by atoms with Crippen LogP contribution in [0.3, 0.4) is 0 Å². The van der Waals surface area contributed by atoms with Crippen LogP contribution in [0.5, 0.6) is 0 Å². The zero-order valence-electron chi connectivity index (χ0n) is 17.1. The molecule has 0 aliphatic carbocycles. The Morgan fingerprint density at radius 2 is 1.09 bits per heavy atom. The van der Waals surface area contributed by atoms with Gasteiger partial charge in [0, 0.05) is 23.8 Å². The van der Waals surface area contributed by atoms with E-state index in [4.69, 9.17) is 0 Å². The van der Waals surface area contributed by atoms with Crippen molar-refractivity contribution < 1.29 is 9.59 Å². The van der Waals surface area contributed by atoms with Crippen molar-refractivity contribution in [2.24, 2.45) is 16.2 Å². The number of hydrogen-bond donors (Lipinski definition) is 1. The van der Waals surface area contributed by atoms with E-state index in [1.54, 1.807) is 0 Å². The second-order valence-electron chi connectivity index (χ2n) is 10.7. The van der Waals surface area contributed by atoms with Gasteiger partial charge in [-0.25, -0.2) is 0 Å². The van der Waals surface area contributed by atoms with E-state index >= 15 is 0 Å². The molecule has 0 unspecified atom stereocenters. The minimum atomic E-state index is -0.278. The van der Waals surface area contributed by atoms with Crippen molar-refractivity contribution in [2.75, 3.05) is 0 Å². The van der Waals surface area contributed by atoms with E-state index in [1.807, 2.05) is 41.5 Å². The van der Waals surface area contributed by atoms with Gasteiger partial charge in [-0.1, -0.05) is 48.5 Å². The Hall–Kier alpha value is -0.860. The fourth-order valence-electron chi connectivity index (χ4n) is 2.45. The van der Waals surface area contributed by atoms with Crippen LogP contribution < -0.4 is 5.32 Å². The number of carbonyl (C=O) groups is 2. The van der Waals surface area contributed by atoms with Gasteiger partial charge < -0.3 is 5.32 Å². The molecule has 0 saturated carbocycles. The number of amides is 1. The summed E-state index contributed by atoms with van der Waals surface area (Å²) in [6, 6.07) is 0. The number of Topliss-reactive ketones (excluding diaryl/α,β-unsaturated/α-hetero) is 1. The first-order chi connectivity index (χ1) is 9.94. The fourth-order valence-corrected chi connectivity index (χ4v) is 2.45. The summed E-state index contributed by atoms with van der Waals surface area (Å²) in [4.78, 5) is 24.4. The standard InChI is InChI=1S/C20H39NO2/c1-17(2,3)15(22)13-19(7,8)11-12-20(9,10)14-16(23)21-18(4,5)6/h11-14H2,1-10H3,(H,21,23). The number of hydrogen-bond acceptors (Lipinski definition) is 2. The van der Waals surface area contributed by atoms with Crippen molar-refractivity contribution in [1.29, 1.82) is 0 Å². The van der Waals surface area contributed by atoms with E-state index in [-0.39, 0.29) is 27.7 Å². The third kappa shape index (κ3) is 10.5. The number of carbonyl (C=O) groups excluding carboxylic acids is 2. The van der Waals surface area contributed by atoms with Crippen molar-refractivity contribution >= 4 is 11.7 Å². The molecule has 23 heavy (non-hydrogen) atoms. The van der Waals surface area contributed by atoms with E-state index in [2.05, 4.69) is 33.0 Å². The Morgan fingerprint density at radius 3 is 1.43 bits per heavy atom. The second-order valence-corrected chi connectivity index (χ2v) is 10.7. The summed E-state index contributed by atoms with van der Waals surface area (Å²) < 4.78 is 0. The van der Waals surface area contributed by atoms with Crippen molar-refractivity contribution in [1.82, 2.24) is 5.32 Å². The highest BCUT2D eigenvalue weighted by atomic mass is 16.1. The average Bonchev–Trinajstić information content (AvgIpc) is 2.21. The molecule has 0 aliphatic heterocycles. The summed E-state index contributed by atoms with van der Waals surface area (Å²) in [6.07, 6.45) is 3.01. The Kier molecular flexibility index (Phi) is 7.08. The van der Waals surface area contributed by atoms with Gasteiger partial charge in [-0.2, -0.15) is 0 Å². The molecule has 0 spiro atoms. The number of nitrogens with one attached hydrogen (secondary N) is 1. The smallest absolute Gasteiger partial charge is 0.220 e. The van der Waals surface area contributed by atoms with Crippen LogP contribution in [0.25, 0.3) is 0 Å². The third-order valence-corrected chi connectivity index (χ3v) is 4.11. The van der Waals surface area contributed by atoms with E-state index in [0.29, 0.717) is 18.6 Å². The molecule has 0 atom stereocenters. The summed E-state index contributed by atoms with van der Waals surface area (Å²) in [6.45, 7) is 20.5. The van der Waals surface area contributed by atoms with Gasteiger partial charge in [0.05, 0.1) is 0 Å². The molecule has 0 saturated heterocycles. The first-order valence-corrected chi connectivity index (χ1v) is 8.78. The first kappa shape index (κ1) is 22.1. The van der Waals surface area contributed by atoms with Gasteiger partial charge in [-0.15, -0.1) is 0 Å². The maximum Gasteiger partial charge on any atom is 0.220 e. The van der Waals surface area contributed by atoms with E-state index < -0.39 is 0 Å². The molecule has 1 N–H and O–H groups in total. The van der Waals surface area contributed by atoms with Crippen molar-refractivity contribution in [2.45, 2.75) is 100 Å². The Morgan fingerprint density at radius 1 is 0.696 bits per heavy atom. The monoisotopic (exact) mass is 325 g/mol.